The van der Waals surface area contributed by atoms with Gasteiger partial charge in [-0.1, -0.05) is 18.2 Å². The van der Waals surface area contributed by atoms with E-state index in [1.165, 1.54) is 4.90 Å². The highest BCUT2D eigenvalue weighted by atomic mass is 16.5. The molecule has 1 unspecified atom stereocenters. The Kier molecular flexibility index (Phi) is 6.18. The first-order valence-corrected chi connectivity index (χ1v) is 9.74. The molecule has 0 bridgehead atoms. The molecule has 0 radical (unpaired) electrons. The van der Waals surface area contributed by atoms with Crippen molar-refractivity contribution in [3.8, 4) is 0 Å². The molecule has 2 fully saturated rings. The zero-order valence-corrected chi connectivity index (χ0v) is 16.3. The van der Waals surface area contributed by atoms with Crippen molar-refractivity contribution in [2.24, 2.45) is 5.73 Å². The van der Waals surface area contributed by atoms with E-state index in [1.54, 1.807) is 0 Å². The Balaban J connectivity index is 1.66. The summed E-state index contributed by atoms with van der Waals surface area (Å²) in [5.41, 5.74) is 5.53. The number of morpholine rings is 1. The number of nitrogens with zero attached hydrogens (tertiary/aromatic N) is 3. The lowest BCUT2D eigenvalue weighted by Gasteiger charge is -2.48. The van der Waals surface area contributed by atoms with Gasteiger partial charge >= 0.3 is 11.8 Å². The number of hydrogen-bond acceptors (Lipinski definition) is 5. The summed E-state index contributed by atoms with van der Waals surface area (Å²) in [6.45, 7) is 5.10. The van der Waals surface area contributed by atoms with Crippen molar-refractivity contribution >= 4 is 23.4 Å². The fraction of sp³-hybridized carbons (Fsp3) is 0.550. The van der Waals surface area contributed by atoms with E-state index in [9.17, 15) is 14.4 Å². The lowest BCUT2D eigenvalue weighted by atomic mass is 9.90. The first kappa shape index (κ1) is 20.1. The van der Waals surface area contributed by atoms with Crippen molar-refractivity contribution in [2.45, 2.75) is 25.4 Å². The van der Waals surface area contributed by atoms with E-state index in [1.807, 2.05) is 47.1 Å². The molecular formula is C20H28N4O4. The second kappa shape index (κ2) is 8.60. The molecule has 8 nitrogen and oxygen atoms in total. The minimum Gasteiger partial charge on any atom is -0.369 e. The van der Waals surface area contributed by atoms with Crippen molar-refractivity contribution in [2.75, 3.05) is 50.8 Å². The average molecular weight is 388 g/mol. The number of nitrogens with two attached hydrogens (primary N) is 1. The summed E-state index contributed by atoms with van der Waals surface area (Å²) in [6, 6.07) is 9.85. The summed E-state index contributed by atoms with van der Waals surface area (Å²) in [5.74, 6) is -1.61. The number of carbonyl (C=O) groups is 3. The van der Waals surface area contributed by atoms with Gasteiger partial charge in [0.25, 0.3) is 0 Å². The van der Waals surface area contributed by atoms with Gasteiger partial charge in [-0.05, 0) is 31.9 Å². The van der Waals surface area contributed by atoms with Gasteiger partial charge in [-0.25, -0.2) is 0 Å². The van der Waals surface area contributed by atoms with Crippen LogP contribution in [0.4, 0.5) is 5.69 Å². The molecule has 152 valence electrons. The number of anilines is 1. The van der Waals surface area contributed by atoms with Gasteiger partial charge in [0.2, 0.25) is 5.91 Å². The molecule has 28 heavy (non-hydrogen) atoms. The minimum atomic E-state index is -0.956. The first-order valence-electron chi connectivity index (χ1n) is 9.74. The van der Waals surface area contributed by atoms with E-state index in [2.05, 4.69) is 0 Å². The number of likely N-dealkylation sites (N-methyl/N-ethyl adjacent to an activating group) is 1. The molecule has 0 aromatic heterocycles. The predicted octanol–water partition coefficient (Wildman–Crippen LogP) is 0.218. The number of likely N-dealkylation sites (tertiary alicyclic amines) is 1. The van der Waals surface area contributed by atoms with Crippen LogP contribution in [0.15, 0.2) is 30.3 Å². The molecule has 2 aliphatic heterocycles. The van der Waals surface area contributed by atoms with E-state index in [0.29, 0.717) is 32.8 Å². The maximum absolute atomic E-state index is 13.0. The summed E-state index contributed by atoms with van der Waals surface area (Å²) < 4.78 is 6.01. The molecule has 8 heteroatoms. The molecular weight excluding hydrogens is 360 g/mol. The molecule has 1 atom stereocenters. The molecule has 3 rings (SSSR count). The third-order valence-corrected chi connectivity index (χ3v) is 5.47. The van der Waals surface area contributed by atoms with E-state index < -0.39 is 17.4 Å². The van der Waals surface area contributed by atoms with Crippen LogP contribution < -0.4 is 10.6 Å². The highest BCUT2D eigenvalue weighted by Crippen LogP contribution is 2.29. The number of benzene rings is 1. The standard InChI is InChI=1S/C20H28N4O4/c1-2-22(16-7-4-3-5-8-16)13-17(25)23-10-6-9-20(14-23)15-24(11-12-28-20)19(27)18(21)26/h3-5,7-8H,2,6,9-15H2,1H3,(H2,21,26). The normalized spacial score (nSPS) is 22.2. The smallest absolute Gasteiger partial charge is 0.311 e. The van der Waals surface area contributed by atoms with E-state index in [-0.39, 0.29) is 12.5 Å². The van der Waals surface area contributed by atoms with Crippen molar-refractivity contribution in [1.29, 1.82) is 0 Å². The molecule has 2 heterocycles. The maximum atomic E-state index is 13.0. The Labute approximate surface area is 165 Å². The Morgan fingerprint density at radius 3 is 2.54 bits per heavy atom. The zero-order chi connectivity index (χ0) is 20.1. The molecule has 1 spiro atoms. The number of carbonyl (C=O) groups excluding carboxylic acids is 3. The molecule has 2 aliphatic rings. The van der Waals surface area contributed by atoms with Gasteiger partial charge in [0.05, 0.1) is 26.2 Å². The number of rotatable bonds is 4. The van der Waals surface area contributed by atoms with Crippen LogP contribution in [0.5, 0.6) is 0 Å². The van der Waals surface area contributed by atoms with E-state index in [0.717, 1.165) is 25.1 Å². The van der Waals surface area contributed by atoms with Crippen molar-refractivity contribution < 1.29 is 19.1 Å². The highest BCUT2D eigenvalue weighted by molar-refractivity contribution is 6.34. The van der Waals surface area contributed by atoms with Crippen LogP contribution in [0.25, 0.3) is 0 Å². The Bertz CT molecular complexity index is 722. The zero-order valence-electron chi connectivity index (χ0n) is 16.3. The molecule has 1 aromatic rings. The first-order chi connectivity index (χ1) is 13.4. The SMILES string of the molecule is CCN(CC(=O)N1CCCC2(C1)CN(C(=O)C(N)=O)CCO2)c1ccccc1. The van der Waals surface area contributed by atoms with Crippen molar-refractivity contribution in [3.63, 3.8) is 0 Å². The van der Waals surface area contributed by atoms with Crippen LogP contribution in [0.3, 0.4) is 0 Å². The Morgan fingerprint density at radius 2 is 1.86 bits per heavy atom. The summed E-state index contributed by atoms with van der Waals surface area (Å²) in [4.78, 5) is 41.5. The second-order valence-electron chi connectivity index (χ2n) is 7.39. The van der Waals surface area contributed by atoms with Crippen LogP contribution in [0.2, 0.25) is 0 Å². The second-order valence-corrected chi connectivity index (χ2v) is 7.39. The van der Waals surface area contributed by atoms with Crippen LogP contribution in [0, 0.1) is 0 Å². The lowest BCUT2D eigenvalue weighted by Crippen LogP contribution is -2.63. The Hall–Kier alpha value is -2.61. The topological polar surface area (TPSA) is 96.2 Å². The molecule has 2 N–H and O–H groups in total. The maximum Gasteiger partial charge on any atom is 0.311 e. The predicted molar refractivity (Wildman–Crippen MR) is 105 cm³/mol. The third-order valence-electron chi connectivity index (χ3n) is 5.47. The quantitative estimate of drug-likeness (QED) is 0.745. The summed E-state index contributed by atoms with van der Waals surface area (Å²) in [7, 11) is 0. The van der Waals surface area contributed by atoms with Gasteiger partial charge in [0.15, 0.2) is 0 Å². The number of hydrogen-bond donors (Lipinski definition) is 1. The lowest BCUT2D eigenvalue weighted by molar-refractivity contribution is -0.168. The Morgan fingerprint density at radius 1 is 1.14 bits per heavy atom. The van der Waals surface area contributed by atoms with Crippen LogP contribution in [0.1, 0.15) is 19.8 Å². The number of para-hydroxylation sites is 1. The van der Waals surface area contributed by atoms with Crippen molar-refractivity contribution in [3.05, 3.63) is 30.3 Å². The molecule has 1 aromatic carbocycles. The third kappa shape index (κ3) is 4.44. The highest BCUT2D eigenvalue weighted by Gasteiger charge is 2.43. The van der Waals surface area contributed by atoms with Gasteiger partial charge in [-0.2, -0.15) is 0 Å². The number of primary amides is 1. The van der Waals surface area contributed by atoms with Gasteiger partial charge in [-0.3, -0.25) is 14.4 Å². The molecule has 0 saturated carbocycles. The van der Waals surface area contributed by atoms with Gasteiger partial charge in [-0.15, -0.1) is 0 Å². The van der Waals surface area contributed by atoms with Crippen molar-refractivity contribution in [1.82, 2.24) is 9.80 Å². The van der Waals surface area contributed by atoms with Gasteiger partial charge < -0.3 is 25.2 Å². The molecule has 0 aliphatic carbocycles. The van der Waals surface area contributed by atoms with Gasteiger partial charge in [0.1, 0.15) is 5.60 Å². The fourth-order valence-corrected chi connectivity index (χ4v) is 4.02. The number of amides is 3. The molecule has 3 amide bonds. The van der Waals surface area contributed by atoms with Crippen LogP contribution in [-0.2, 0) is 19.1 Å². The average Bonchev–Trinajstić information content (AvgIpc) is 2.72. The van der Waals surface area contributed by atoms with Crippen LogP contribution in [-0.4, -0.2) is 79.0 Å². The fourth-order valence-electron chi connectivity index (χ4n) is 4.02. The number of piperidine rings is 1. The minimum absolute atomic E-state index is 0.0340. The monoisotopic (exact) mass is 388 g/mol. The van der Waals surface area contributed by atoms with Crippen LogP contribution >= 0.6 is 0 Å². The van der Waals surface area contributed by atoms with Gasteiger partial charge in [0, 0.05) is 25.3 Å². The van der Waals surface area contributed by atoms with E-state index in [4.69, 9.17) is 10.5 Å². The molecule has 2 saturated heterocycles. The largest absolute Gasteiger partial charge is 0.369 e. The summed E-state index contributed by atoms with van der Waals surface area (Å²) in [6.07, 6.45) is 1.54. The number of ether oxygens (including phenoxy) is 1. The van der Waals surface area contributed by atoms with E-state index >= 15 is 0 Å². The summed E-state index contributed by atoms with van der Waals surface area (Å²) >= 11 is 0. The summed E-state index contributed by atoms with van der Waals surface area (Å²) in [5, 5.41) is 0.